The van der Waals surface area contributed by atoms with E-state index in [0.29, 0.717) is 12.6 Å². The molecule has 0 amide bonds. The fourth-order valence-corrected chi connectivity index (χ4v) is 1.23. The molecule has 0 spiro atoms. The van der Waals surface area contributed by atoms with Crippen LogP contribution in [0.5, 0.6) is 0 Å². The lowest BCUT2D eigenvalue weighted by Gasteiger charge is -1.99. The summed E-state index contributed by atoms with van der Waals surface area (Å²) in [5.41, 5.74) is 8.11. The lowest BCUT2D eigenvalue weighted by atomic mass is 10.1. The third kappa shape index (κ3) is 1.42. The van der Waals surface area contributed by atoms with Crippen molar-refractivity contribution in [1.82, 2.24) is 5.32 Å². The lowest BCUT2D eigenvalue weighted by molar-refractivity contribution is 1.03. The minimum absolute atomic E-state index is 0.599. The first-order valence-electron chi connectivity index (χ1n) is 3.92. The van der Waals surface area contributed by atoms with Crippen LogP contribution in [0.25, 0.3) is 0 Å². The van der Waals surface area contributed by atoms with Crippen LogP contribution in [0.2, 0.25) is 0 Å². The van der Waals surface area contributed by atoms with Gasteiger partial charge in [0.15, 0.2) is 0 Å². The number of nitrogens with two attached hydrogens (primary N) is 1. The van der Waals surface area contributed by atoms with Gasteiger partial charge in [0.1, 0.15) is 0 Å². The summed E-state index contributed by atoms with van der Waals surface area (Å²) in [6.45, 7) is 1.76. The molecule has 1 heterocycles. The minimum Gasteiger partial charge on any atom is -0.326 e. The highest BCUT2D eigenvalue weighted by molar-refractivity contribution is 5.28. The van der Waals surface area contributed by atoms with E-state index >= 15 is 0 Å². The molecule has 1 unspecified atom stereocenters. The summed E-state index contributed by atoms with van der Waals surface area (Å²) in [6.07, 6.45) is 0. The Balaban J connectivity index is 2.26. The zero-order chi connectivity index (χ0) is 7.68. The quantitative estimate of drug-likeness (QED) is 0.609. The summed E-state index contributed by atoms with van der Waals surface area (Å²) >= 11 is 0. The number of nitrogens with one attached hydrogen (secondary N) is 1. The smallest absolute Gasteiger partial charge is 0.0447 e. The molecule has 2 heteroatoms. The maximum Gasteiger partial charge on any atom is 0.0447 e. The van der Waals surface area contributed by atoms with Gasteiger partial charge in [-0.15, -0.1) is 0 Å². The molecule has 1 aliphatic rings. The second-order valence-corrected chi connectivity index (χ2v) is 2.91. The zero-order valence-electron chi connectivity index (χ0n) is 6.38. The molecule has 11 heavy (non-hydrogen) atoms. The first-order chi connectivity index (χ1) is 5.40. The van der Waals surface area contributed by atoms with Crippen molar-refractivity contribution in [2.45, 2.75) is 12.6 Å². The van der Waals surface area contributed by atoms with Gasteiger partial charge >= 0.3 is 0 Å². The summed E-state index contributed by atoms with van der Waals surface area (Å²) in [5, 5.41) is 3.26. The van der Waals surface area contributed by atoms with E-state index in [9.17, 15) is 0 Å². The standard InChI is InChI=1S/C9H12N2/c10-5-7-2-1-3-8(4-7)9-6-11-9/h1-4,9,11H,5-6,10H2. The highest BCUT2D eigenvalue weighted by Gasteiger charge is 2.21. The van der Waals surface area contributed by atoms with Crippen molar-refractivity contribution in [3.63, 3.8) is 0 Å². The van der Waals surface area contributed by atoms with Gasteiger partial charge in [-0.1, -0.05) is 24.3 Å². The van der Waals surface area contributed by atoms with Crippen molar-refractivity contribution in [3.8, 4) is 0 Å². The van der Waals surface area contributed by atoms with Gasteiger partial charge in [-0.2, -0.15) is 0 Å². The molecule has 1 saturated heterocycles. The molecule has 1 fully saturated rings. The SMILES string of the molecule is NCc1cccc(C2CN2)c1. The molecule has 0 radical (unpaired) electrons. The largest absolute Gasteiger partial charge is 0.326 e. The third-order valence-corrected chi connectivity index (χ3v) is 2.00. The maximum absolute atomic E-state index is 5.52. The Hall–Kier alpha value is -0.860. The van der Waals surface area contributed by atoms with Crippen LogP contribution in [-0.2, 0) is 6.54 Å². The summed E-state index contributed by atoms with van der Waals surface area (Å²) in [5.74, 6) is 0. The van der Waals surface area contributed by atoms with Gasteiger partial charge in [0.2, 0.25) is 0 Å². The highest BCUT2D eigenvalue weighted by atomic mass is 15.1. The average molecular weight is 148 g/mol. The highest BCUT2D eigenvalue weighted by Crippen LogP contribution is 2.21. The van der Waals surface area contributed by atoms with Crippen molar-refractivity contribution in [2.75, 3.05) is 6.54 Å². The molecule has 3 N–H and O–H groups in total. The monoisotopic (exact) mass is 148 g/mol. The number of rotatable bonds is 2. The van der Waals surface area contributed by atoms with Gasteiger partial charge in [0.25, 0.3) is 0 Å². The molecule has 1 aromatic rings. The van der Waals surface area contributed by atoms with E-state index in [0.717, 1.165) is 6.54 Å². The Kier molecular flexibility index (Phi) is 1.64. The molecule has 2 nitrogen and oxygen atoms in total. The Morgan fingerprint density at radius 3 is 3.00 bits per heavy atom. The first kappa shape index (κ1) is 6.83. The predicted octanol–water partition coefficient (Wildman–Crippen LogP) is 0.790. The Bertz CT molecular complexity index is 253. The second kappa shape index (κ2) is 2.64. The van der Waals surface area contributed by atoms with Gasteiger partial charge in [-0.25, -0.2) is 0 Å². The summed E-state index contributed by atoms with van der Waals surface area (Å²) < 4.78 is 0. The van der Waals surface area contributed by atoms with Crippen LogP contribution in [0.15, 0.2) is 24.3 Å². The first-order valence-corrected chi connectivity index (χ1v) is 3.92. The Morgan fingerprint density at radius 1 is 1.55 bits per heavy atom. The van der Waals surface area contributed by atoms with E-state index in [2.05, 4.69) is 29.6 Å². The van der Waals surface area contributed by atoms with Gasteiger partial charge in [0, 0.05) is 19.1 Å². The minimum atomic E-state index is 0.599. The van der Waals surface area contributed by atoms with Gasteiger partial charge in [-0.05, 0) is 11.1 Å². The van der Waals surface area contributed by atoms with Crippen molar-refractivity contribution in [2.24, 2.45) is 5.73 Å². The van der Waals surface area contributed by atoms with Crippen molar-refractivity contribution >= 4 is 0 Å². The molecule has 58 valence electrons. The summed E-state index contributed by atoms with van der Waals surface area (Å²) in [6, 6.07) is 9.04. The summed E-state index contributed by atoms with van der Waals surface area (Å²) in [4.78, 5) is 0. The Morgan fingerprint density at radius 2 is 2.36 bits per heavy atom. The molecule has 1 aliphatic heterocycles. The molecular formula is C9H12N2. The molecular weight excluding hydrogens is 136 g/mol. The number of hydrogen-bond acceptors (Lipinski definition) is 2. The zero-order valence-corrected chi connectivity index (χ0v) is 6.38. The number of hydrogen-bond donors (Lipinski definition) is 2. The topological polar surface area (TPSA) is 48.0 Å². The normalized spacial score (nSPS) is 21.7. The lowest BCUT2D eigenvalue weighted by Crippen LogP contribution is -1.96. The van der Waals surface area contributed by atoms with E-state index in [-0.39, 0.29) is 0 Å². The van der Waals surface area contributed by atoms with Crippen LogP contribution in [-0.4, -0.2) is 6.54 Å². The van der Waals surface area contributed by atoms with Crippen molar-refractivity contribution in [3.05, 3.63) is 35.4 Å². The molecule has 0 bridgehead atoms. The molecule has 2 rings (SSSR count). The van der Waals surface area contributed by atoms with E-state index in [1.54, 1.807) is 0 Å². The number of benzene rings is 1. The fourth-order valence-electron chi connectivity index (χ4n) is 1.23. The molecule has 1 atom stereocenters. The van der Waals surface area contributed by atoms with Gasteiger partial charge in [-0.3, -0.25) is 0 Å². The predicted molar refractivity (Wildman–Crippen MR) is 45.1 cm³/mol. The van der Waals surface area contributed by atoms with E-state index in [4.69, 9.17) is 5.73 Å². The summed E-state index contributed by atoms with van der Waals surface area (Å²) in [7, 11) is 0. The van der Waals surface area contributed by atoms with Crippen LogP contribution >= 0.6 is 0 Å². The molecule has 0 saturated carbocycles. The van der Waals surface area contributed by atoms with Crippen molar-refractivity contribution in [1.29, 1.82) is 0 Å². The van der Waals surface area contributed by atoms with Crippen LogP contribution in [0.3, 0.4) is 0 Å². The molecule has 0 aliphatic carbocycles. The van der Waals surface area contributed by atoms with Gasteiger partial charge in [0.05, 0.1) is 0 Å². The fraction of sp³-hybridized carbons (Fsp3) is 0.333. The van der Waals surface area contributed by atoms with Crippen molar-refractivity contribution < 1.29 is 0 Å². The Labute approximate surface area is 66.4 Å². The maximum atomic E-state index is 5.52. The average Bonchev–Trinajstić information content (AvgIpc) is 2.87. The van der Waals surface area contributed by atoms with Crippen LogP contribution in [0.4, 0.5) is 0 Å². The van der Waals surface area contributed by atoms with Gasteiger partial charge < -0.3 is 11.1 Å². The van der Waals surface area contributed by atoms with E-state index < -0.39 is 0 Å². The molecule has 0 aromatic heterocycles. The van der Waals surface area contributed by atoms with E-state index in [1.807, 2.05) is 0 Å². The van der Waals surface area contributed by atoms with E-state index in [1.165, 1.54) is 11.1 Å². The molecule has 1 aromatic carbocycles. The second-order valence-electron chi connectivity index (χ2n) is 2.91. The van der Waals surface area contributed by atoms with Crippen LogP contribution < -0.4 is 11.1 Å². The third-order valence-electron chi connectivity index (χ3n) is 2.00. The van der Waals surface area contributed by atoms with Crippen LogP contribution in [0.1, 0.15) is 17.2 Å². The van der Waals surface area contributed by atoms with Crippen LogP contribution in [0, 0.1) is 0 Å².